The number of rotatable bonds is 0. The third-order valence-electron chi connectivity index (χ3n) is 1.13. The highest BCUT2D eigenvalue weighted by molar-refractivity contribution is 5.04. The average molecular weight is 124 g/mol. The molecule has 1 aromatic heterocycles. The van der Waals surface area contributed by atoms with Gasteiger partial charge in [0.2, 0.25) is 0 Å². The van der Waals surface area contributed by atoms with Crippen LogP contribution in [0.15, 0.2) is 12.4 Å². The second-order valence-electron chi connectivity index (χ2n) is 1.73. The van der Waals surface area contributed by atoms with E-state index in [1.165, 1.54) is 0 Å². The molecule has 9 heavy (non-hydrogen) atoms. The lowest BCUT2D eigenvalue weighted by molar-refractivity contribution is 1.05. The minimum Gasteiger partial charge on any atom is -0.258 e. The molecule has 0 saturated heterocycles. The van der Waals surface area contributed by atoms with Crippen molar-refractivity contribution in [3.05, 3.63) is 23.8 Å². The predicted molar refractivity (Wildman–Crippen MR) is 38.2 cm³/mol. The zero-order valence-electron chi connectivity index (χ0n) is 5.05. The van der Waals surface area contributed by atoms with Crippen LogP contribution in [0.4, 0.5) is 0 Å². The normalized spacial score (nSPS) is 8.22. The zero-order chi connectivity index (χ0) is 5.98. The van der Waals surface area contributed by atoms with E-state index in [9.17, 15) is 0 Å². The second-order valence-corrected chi connectivity index (χ2v) is 1.73. The Kier molecular flexibility index (Phi) is 2.85. The van der Waals surface area contributed by atoms with Crippen LogP contribution in [0.2, 0.25) is 0 Å². The van der Waals surface area contributed by atoms with Crippen molar-refractivity contribution < 1.29 is 0 Å². The molecule has 0 fully saturated rings. The largest absolute Gasteiger partial charge is 0.258 e. The fourth-order valence-corrected chi connectivity index (χ4v) is 0.477. The summed E-state index contributed by atoms with van der Waals surface area (Å²) in [5.41, 5.74) is 2.01. The van der Waals surface area contributed by atoms with Gasteiger partial charge in [0, 0.05) is 12.4 Å². The molecule has 0 unspecified atom stereocenters. The van der Waals surface area contributed by atoms with E-state index in [-0.39, 0.29) is 7.43 Å². The minimum absolute atomic E-state index is 0. The lowest BCUT2D eigenvalue weighted by Gasteiger charge is -1.91. The van der Waals surface area contributed by atoms with Gasteiger partial charge in [-0.3, -0.25) is 9.97 Å². The van der Waals surface area contributed by atoms with Crippen LogP contribution >= 0.6 is 0 Å². The van der Waals surface area contributed by atoms with Crippen molar-refractivity contribution in [3.8, 4) is 0 Å². The van der Waals surface area contributed by atoms with Gasteiger partial charge >= 0.3 is 0 Å². The molecule has 0 aliphatic heterocycles. The smallest absolute Gasteiger partial charge is 0.0584 e. The summed E-state index contributed by atoms with van der Waals surface area (Å²) in [6.07, 6.45) is 3.39. The summed E-state index contributed by atoms with van der Waals surface area (Å²) in [6.45, 7) is 3.89. The van der Waals surface area contributed by atoms with Crippen molar-refractivity contribution in [2.75, 3.05) is 0 Å². The van der Waals surface area contributed by atoms with E-state index in [1.807, 2.05) is 13.8 Å². The summed E-state index contributed by atoms with van der Waals surface area (Å²) >= 11 is 0. The molecule has 1 rings (SSSR count). The standard InChI is InChI=1S/C6H8N2.CH4/c1-5-6(2)8-4-3-7-5;/h3-4H,1-2H3;1H4. The van der Waals surface area contributed by atoms with E-state index >= 15 is 0 Å². The topological polar surface area (TPSA) is 25.8 Å². The second kappa shape index (κ2) is 3.17. The summed E-state index contributed by atoms with van der Waals surface area (Å²) in [6, 6.07) is 0. The Hall–Kier alpha value is -0.920. The van der Waals surface area contributed by atoms with Crippen molar-refractivity contribution in [2.45, 2.75) is 21.3 Å². The number of aryl methyl sites for hydroxylation is 2. The van der Waals surface area contributed by atoms with Gasteiger partial charge in [0.15, 0.2) is 0 Å². The van der Waals surface area contributed by atoms with Crippen LogP contribution in [-0.4, -0.2) is 9.97 Å². The van der Waals surface area contributed by atoms with Crippen molar-refractivity contribution in [2.24, 2.45) is 0 Å². The number of nitrogens with zero attached hydrogens (tertiary/aromatic N) is 2. The van der Waals surface area contributed by atoms with Gasteiger partial charge in [-0.1, -0.05) is 7.43 Å². The molecule has 0 atom stereocenters. The van der Waals surface area contributed by atoms with Crippen molar-refractivity contribution in [1.29, 1.82) is 0 Å². The third-order valence-corrected chi connectivity index (χ3v) is 1.13. The van der Waals surface area contributed by atoms with Crippen LogP contribution in [-0.2, 0) is 0 Å². The molecule has 0 radical (unpaired) electrons. The van der Waals surface area contributed by atoms with Crippen LogP contribution in [0, 0.1) is 13.8 Å². The molecule has 50 valence electrons. The minimum atomic E-state index is 0. The Morgan fingerprint density at radius 2 is 1.33 bits per heavy atom. The maximum atomic E-state index is 4.02. The van der Waals surface area contributed by atoms with Gasteiger partial charge in [0.1, 0.15) is 0 Å². The zero-order valence-corrected chi connectivity index (χ0v) is 5.05. The predicted octanol–water partition coefficient (Wildman–Crippen LogP) is 1.73. The van der Waals surface area contributed by atoms with Gasteiger partial charge in [-0.05, 0) is 13.8 Å². The van der Waals surface area contributed by atoms with Gasteiger partial charge in [-0.25, -0.2) is 0 Å². The summed E-state index contributed by atoms with van der Waals surface area (Å²) in [5.74, 6) is 0. The maximum Gasteiger partial charge on any atom is 0.0584 e. The lowest BCUT2D eigenvalue weighted by Crippen LogP contribution is -1.87. The summed E-state index contributed by atoms with van der Waals surface area (Å²) in [4.78, 5) is 8.03. The summed E-state index contributed by atoms with van der Waals surface area (Å²) < 4.78 is 0. The maximum absolute atomic E-state index is 4.02. The quantitative estimate of drug-likeness (QED) is 0.526. The molecule has 1 aromatic rings. The van der Waals surface area contributed by atoms with E-state index < -0.39 is 0 Å². The molecule has 0 aliphatic carbocycles. The number of hydrogen-bond donors (Lipinski definition) is 0. The van der Waals surface area contributed by atoms with E-state index in [0.29, 0.717) is 0 Å². The van der Waals surface area contributed by atoms with Crippen LogP contribution in [0.25, 0.3) is 0 Å². The van der Waals surface area contributed by atoms with Gasteiger partial charge in [-0.2, -0.15) is 0 Å². The van der Waals surface area contributed by atoms with Crippen LogP contribution in [0.3, 0.4) is 0 Å². The Labute approximate surface area is 56.0 Å². The highest BCUT2D eigenvalue weighted by Gasteiger charge is 1.87. The van der Waals surface area contributed by atoms with Gasteiger partial charge in [-0.15, -0.1) is 0 Å². The number of hydrogen-bond acceptors (Lipinski definition) is 2. The number of aromatic nitrogens is 2. The van der Waals surface area contributed by atoms with Gasteiger partial charge in [0.05, 0.1) is 11.4 Å². The Balaban J connectivity index is 0.000000640. The van der Waals surface area contributed by atoms with E-state index in [2.05, 4.69) is 9.97 Å². The fourth-order valence-electron chi connectivity index (χ4n) is 0.477. The SMILES string of the molecule is C.Cc1nccnc1C. The van der Waals surface area contributed by atoms with Gasteiger partial charge in [0.25, 0.3) is 0 Å². The fraction of sp³-hybridized carbons (Fsp3) is 0.429. The van der Waals surface area contributed by atoms with Crippen LogP contribution in [0.5, 0.6) is 0 Å². The monoisotopic (exact) mass is 124 g/mol. The Bertz CT molecular complexity index is 163. The first-order valence-electron chi connectivity index (χ1n) is 2.55. The van der Waals surface area contributed by atoms with Crippen molar-refractivity contribution in [1.82, 2.24) is 9.97 Å². The summed E-state index contributed by atoms with van der Waals surface area (Å²) in [5, 5.41) is 0. The highest BCUT2D eigenvalue weighted by atomic mass is 14.8. The molecular formula is C7H12N2. The lowest BCUT2D eigenvalue weighted by atomic mass is 10.4. The van der Waals surface area contributed by atoms with Crippen LogP contribution in [0.1, 0.15) is 18.8 Å². The Morgan fingerprint density at radius 1 is 1.00 bits per heavy atom. The van der Waals surface area contributed by atoms with E-state index in [1.54, 1.807) is 12.4 Å². The molecule has 0 spiro atoms. The first-order chi connectivity index (χ1) is 3.80. The molecule has 2 nitrogen and oxygen atoms in total. The highest BCUT2D eigenvalue weighted by Crippen LogP contribution is 1.93. The molecule has 0 saturated carbocycles. The van der Waals surface area contributed by atoms with Crippen LogP contribution < -0.4 is 0 Å². The first-order valence-corrected chi connectivity index (χ1v) is 2.55. The molecule has 1 heterocycles. The molecule has 0 amide bonds. The molecule has 0 aromatic carbocycles. The van der Waals surface area contributed by atoms with Gasteiger partial charge < -0.3 is 0 Å². The van der Waals surface area contributed by atoms with E-state index in [4.69, 9.17) is 0 Å². The average Bonchev–Trinajstić information content (AvgIpc) is 1.77. The van der Waals surface area contributed by atoms with Crippen molar-refractivity contribution >= 4 is 0 Å². The molecule has 0 bridgehead atoms. The first kappa shape index (κ1) is 8.08. The molecule has 0 N–H and O–H groups in total. The van der Waals surface area contributed by atoms with Crippen molar-refractivity contribution in [3.63, 3.8) is 0 Å². The molecular weight excluding hydrogens is 112 g/mol. The van der Waals surface area contributed by atoms with E-state index in [0.717, 1.165) is 11.4 Å². The third kappa shape index (κ3) is 1.80. The summed E-state index contributed by atoms with van der Waals surface area (Å²) in [7, 11) is 0. The molecule has 2 heteroatoms. The Morgan fingerprint density at radius 3 is 1.56 bits per heavy atom. The molecule has 0 aliphatic rings.